The number of aryl methyl sites for hydroxylation is 1. The van der Waals surface area contributed by atoms with Gasteiger partial charge in [-0.1, -0.05) is 30.3 Å². The Labute approximate surface area is 146 Å². The summed E-state index contributed by atoms with van der Waals surface area (Å²) in [6.45, 7) is 3.30. The number of hydrogen-bond acceptors (Lipinski definition) is 3. The number of likely N-dealkylation sites (tertiary alicyclic amines) is 1. The van der Waals surface area contributed by atoms with Gasteiger partial charge < -0.3 is 15.0 Å². The van der Waals surface area contributed by atoms with Gasteiger partial charge >= 0.3 is 0 Å². The zero-order chi connectivity index (χ0) is 15.6. The van der Waals surface area contributed by atoms with Crippen molar-refractivity contribution in [2.24, 2.45) is 0 Å². The molecule has 1 aliphatic rings. The Bertz CT molecular complexity index is 442. The minimum absolute atomic E-state index is 0. The fourth-order valence-electron chi connectivity index (χ4n) is 2.84. The van der Waals surface area contributed by atoms with Crippen molar-refractivity contribution in [3.8, 4) is 0 Å². The summed E-state index contributed by atoms with van der Waals surface area (Å²) in [5.41, 5.74) is 1.36. The highest BCUT2D eigenvalue weighted by Crippen LogP contribution is 2.15. The van der Waals surface area contributed by atoms with Crippen molar-refractivity contribution in [2.75, 3.05) is 33.3 Å². The summed E-state index contributed by atoms with van der Waals surface area (Å²) < 4.78 is 5.92. The Kier molecular flexibility index (Phi) is 9.92. The van der Waals surface area contributed by atoms with E-state index in [1.807, 2.05) is 18.0 Å². The lowest BCUT2D eigenvalue weighted by atomic mass is 10.1. The summed E-state index contributed by atoms with van der Waals surface area (Å²) in [5, 5.41) is 3.07. The molecule has 1 amide bonds. The first-order valence-electron chi connectivity index (χ1n) is 8.37. The Morgan fingerprint density at radius 3 is 2.83 bits per heavy atom. The topological polar surface area (TPSA) is 41.6 Å². The Hall–Kier alpha value is -1.10. The van der Waals surface area contributed by atoms with E-state index in [0.717, 1.165) is 51.9 Å². The molecule has 0 bridgehead atoms. The molecule has 0 spiro atoms. The minimum atomic E-state index is 0. The maximum absolute atomic E-state index is 12.0. The number of rotatable bonds is 9. The Morgan fingerprint density at radius 1 is 1.30 bits per heavy atom. The Balaban J connectivity index is 0.00000264. The third-order valence-electron chi connectivity index (χ3n) is 4.12. The molecule has 1 atom stereocenters. The number of nitrogens with zero attached hydrogens (tertiary/aromatic N) is 1. The van der Waals surface area contributed by atoms with Crippen molar-refractivity contribution < 1.29 is 9.53 Å². The first-order chi connectivity index (χ1) is 10.8. The zero-order valence-electron chi connectivity index (χ0n) is 14.0. The van der Waals surface area contributed by atoms with Crippen molar-refractivity contribution >= 4 is 18.3 Å². The van der Waals surface area contributed by atoms with Crippen LogP contribution in [0, 0.1) is 0 Å². The first-order valence-corrected chi connectivity index (χ1v) is 8.37. The van der Waals surface area contributed by atoms with Gasteiger partial charge in [-0.3, -0.25) is 4.79 Å². The number of carbonyl (C=O) groups is 1. The lowest BCUT2D eigenvalue weighted by molar-refractivity contribution is -0.130. The van der Waals surface area contributed by atoms with Crippen LogP contribution in [0.5, 0.6) is 0 Å². The van der Waals surface area contributed by atoms with E-state index in [1.165, 1.54) is 5.56 Å². The number of ether oxygens (including phenoxy) is 1. The van der Waals surface area contributed by atoms with Crippen LogP contribution in [0.1, 0.15) is 31.2 Å². The molecule has 23 heavy (non-hydrogen) atoms. The van der Waals surface area contributed by atoms with Crippen LogP contribution in [0.25, 0.3) is 0 Å². The number of carbonyl (C=O) groups excluding carboxylic acids is 1. The second-order valence-electron chi connectivity index (χ2n) is 5.92. The molecule has 130 valence electrons. The summed E-state index contributed by atoms with van der Waals surface area (Å²) in [7, 11) is 1.92. The zero-order valence-corrected chi connectivity index (χ0v) is 14.8. The van der Waals surface area contributed by atoms with Crippen LogP contribution in [-0.4, -0.2) is 50.2 Å². The first kappa shape index (κ1) is 19.9. The molecule has 0 radical (unpaired) electrons. The van der Waals surface area contributed by atoms with Crippen molar-refractivity contribution in [3.63, 3.8) is 0 Å². The molecular weight excluding hydrogens is 312 g/mol. The van der Waals surface area contributed by atoms with Gasteiger partial charge in [0, 0.05) is 26.1 Å². The fourth-order valence-corrected chi connectivity index (χ4v) is 2.84. The van der Waals surface area contributed by atoms with Crippen LogP contribution >= 0.6 is 12.4 Å². The van der Waals surface area contributed by atoms with Crippen molar-refractivity contribution in [1.29, 1.82) is 0 Å². The molecule has 1 fully saturated rings. The number of nitrogens with one attached hydrogen (secondary N) is 1. The smallest absolute Gasteiger partial charge is 0.222 e. The molecule has 5 heteroatoms. The molecule has 2 rings (SSSR count). The van der Waals surface area contributed by atoms with Crippen LogP contribution in [0.3, 0.4) is 0 Å². The predicted octanol–water partition coefficient (Wildman–Crippen LogP) is 2.66. The molecule has 1 unspecified atom stereocenters. The highest BCUT2D eigenvalue weighted by Gasteiger charge is 2.26. The second kappa shape index (κ2) is 11.4. The number of benzene rings is 1. The monoisotopic (exact) mass is 340 g/mol. The van der Waals surface area contributed by atoms with Crippen LogP contribution in [0.4, 0.5) is 0 Å². The summed E-state index contributed by atoms with van der Waals surface area (Å²) in [4.78, 5) is 14.0. The molecule has 1 aliphatic heterocycles. The van der Waals surface area contributed by atoms with Crippen molar-refractivity contribution in [1.82, 2.24) is 10.2 Å². The standard InChI is InChI=1S/C18H28N2O2.ClH/c1-19-12-5-10-18(21)20-13-11-17(15-20)22-14-6-9-16-7-3-2-4-8-16;/h2-4,7-8,17,19H,5-6,9-15H2,1H3;1H. The van der Waals surface area contributed by atoms with Gasteiger partial charge in [0.1, 0.15) is 0 Å². The van der Waals surface area contributed by atoms with Crippen LogP contribution in [0.2, 0.25) is 0 Å². The highest BCUT2D eigenvalue weighted by atomic mass is 35.5. The molecule has 1 aromatic rings. The van der Waals surface area contributed by atoms with E-state index in [0.29, 0.717) is 6.42 Å². The fraction of sp³-hybridized carbons (Fsp3) is 0.611. The van der Waals surface area contributed by atoms with Crippen molar-refractivity contribution in [3.05, 3.63) is 35.9 Å². The SMILES string of the molecule is CNCCCC(=O)N1CCC(OCCCc2ccccc2)C1.Cl. The van der Waals surface area contributed by atoms with Gasteiger partial charge in [0.25, 0.3) is 0 Å². The quantitative estimate of drug-likeness (QED) is 0.703. The van der Waals surface area contributed by atoms with E-state index in [1.54, 1.807) is 0 Å². The molecule has 1 saturated heterocycles. The number of amides is 1. The maximum atomic E-state index is 12.0. The summed E-state index contributed by atoms with van der Waals surface area (Å²) >= 11 is 0. The van der Waals surface area contributed by atoms with Crippen LogP contribution < -0.4 is 5.32 Å². The van der Waals surface area contributed by atoms with Crippen LogP contribution in [0.15, 0.2) is 30.3 Å². The number of hydrogen-bond donors (Lipinski definition) is 1. The molecule has 1 aromatic carbocycles. The van der Waals surface area contributed by atoms with Gasteiger partial charge in [0.05, 0.1) is 6.10 Å². The van der Waals surface area contributed by atoms with Gasteiger partial charge in [-0.2, -0.15) is 0 Å². The summed E-state index contributed by atoms with van der Waals surface area (Å²) in [5.74, 6) is 0.269. The van der Waals surface area contributed by atoms with Gasteiger partial charge in [0.2, 0.25) is 5.91 Å². The lowest BCUT2D eigenvalue weighted by Crippen LogP contribution is -2.30. The predicted molar refractivity (Wildman–Crippen MR) is 96.1 cm³/mol. The van der Waals surface area contributed by atoms with E-state index in [4.69, 9.17) is 4.74 Å². The third-order valence-corrected chi connectivity index (χ3v) is 4.12. The van der Waals surface area contributed by atoms with Gasteiger partial charge in [-0.05, 0) is 44.8 Å². The number of halogens is 1. The lowest BCUT2D eigenvalue weighted by Gasteiger charge is -2.16. The summed E-state index contributed by atoms with van der Waals surface area (Å²) in [6.07, 6.45) is 4.85. The largest absolute Gasteiger partial charge is 0.376 e. The normalized spacial score (nSPS) is 17.1. The average Bonchev–Trinajstić information content (AvgIpc) is 3.02. The molecule has 0 aliphatic carbocycles. The van der Waals surface area contributed by atoms with Gasteiger partial charge in [-0.25, -0.2) is 0 Å². The molecule has 4 nitrogen and oxygen atoms in total. The van der Waals surface area contributed by atoms with E-state index in [2.05, 4.69) is 29.6 Å². The van der Waals surface area contributed by atoms with E-state index in [9.17, 15) is 4.79 Å². The third kappa shape index (κ3) is 7.34. The van der Waals surface area contributed by atoms with E-state index < -0.39 is 0 Å². The Morgan fingerprint density at radius 2 is 2.09 bits per heavy atom. The summed E-state index contributed by atoms with van der Waals surface area (Å²) in [6, 6.07) is 10.5. The molecule has 1 N–H and O–H groups in total. The molecular formula is C18H29ClN2O2. The molecule has 1 heterocycles. The maximum Gasteiger partial charge on any atom is 0.222 e. The average molecular weight is 341 g/mol. The van der Waals surface area contributed by atoms with Gasteiger partial charge in [0.15, 0.2) is 0 Å². The molecule has 0 saturated carbocycles. The van der Waals surface area contributed by atoms with E-state index in [-0.39, 0.29) is 24.4 Å². The minimum Gasteiger partial charge on any atom is -0.376 e. The second-order valence-corrected chi connectivity index (χ2v) is 5.92. The molecule has 0 aromatic heterocycles. The van der Waals surface area contributed by atoms with Crippen molar-refractivity contribution in [2.45, 2.75) is 38.2 Å². The van der Waals surface area contributed by atoms with E-state index >= 15 is 0 Å². The van der Waals surface area contributed by atoms with Crippen LogP contribution in [-0.2, 0) is 16.0 Å². The van der Waals surface area contributed by atoms with Gasteiger partial charge in [-0.15, -0.1) is 12.4 Å². The highest BCUT2D eigenvalue weighted by molar-refractivity contribution is 5.85.